The summed E-state index contributed by atoms with van der Waals surface area (Å²) < 4.78 is 12.2. The van der Waals surface area contributed by atoms with Crippen LogP contribution in [0.3, 0.4) is 0 Å². The summed E-state index contributed by atoms with van der Waals surface area (Å²) in [6.07, 6.45) is 3.42. The fourth-order valence-corrected chi connectivity index (χ4v) is 3.09. The van der Waals surface area contributed by atoms with Crippen molar-refractivity contribution in [3.63, 3.8) is 0 Å². The minimum absolute atomic E-state index is 0.0954. The SMILES string of the molecule is CC(NC(=O)CSc1nc2ncccn2n1)c1ccc2c(c1)OCO2. The van der Waals surface area contributed by atoms with Crippen LogP contribution in [-0.2, 0) is 4.79 Å². The Labute approximate surface area is 147 Å². The van der Waals surface area contributed by atoms with E-state index in [0.29, 0.717) is 16.7 Å². The van der Waals surface area contributed by atoms with Gasteiger partial charge < -0.3 is 14.8 Å². The quantitative estimate of drug-likeness (QED) is 0.697. The van der Waals surface area contributed by atoms with Crippen molar-refractivity contribution >= 4 is 23.4 Å². The maximum atomic E-state index is 12.2. The standard InChI is InChI=1S/C16H15N5O3S/c1-10(11-3-4-12-13(7-11)24-9-23-12)18-14(22)8-25-16-19-15-17-5-2-6-21(15)20-16/h2-7,10H,8-9H2,1H3,(H,18,22). The third-order valence-corrected chi connectivity index (χ3v) is 4.54. The van der Waals surface area contributed by atoms with Gasteiger partial charge in [0.1, 0.15) is 0 Å². The first kappa shape index (κ1) is 15.7. The number of fused-ring (bicyclic) bond motifs is 2. The van der Waals surface area contributed by atoms with E-state index in [1.165, 1.54) is 11.8 Å². The predicted octanol–water partition coefficient (Wildman–Crippen LogP) is 1.82. The highest BCUT2D eigenvalue weighted by molar-refractivity contribution is 7.99. The molecular weight excluding hydrogens is 342 g/mol. The zero-order chi connectivity index (χ0) is 17.2. The number of benzene rings is 1. The van der Waals surface area contributed by atoms with Crippen LogP contribution < -0.4 is 14.8 Å². The molecule has 0 aliphatic carbocycles. The van der Waals surface area contributed by atoms with E-state index >= 15 is 0 Å². The van der Waals surface area contributed by atoms with Gasteiger partial charge in [0, 0.05) is 12.4 Å². The number of nitrogens with zero attached hydrogens (tertiary/aromatic N) is 4. The summed E-state index contributed by atoms with van der Waals surface area (Å²) in [5.74, 6) is 2.08. The maximum absolute atomic E-state index is 12.2. The smallest absolute Gasteiger partial charge is 0.253 e. The second kappa shape index (κ2) is 6.60. The highest BCUT2D eigenvalue weighted by atomic mass is 32.2. The molecule has 3 heterocycles. The van der Waals surface area contributed by atoms with Gasteiger partial charge in [-0.05, 0) is 30.7 Å². The van der Waals surface area contributed by atoms with Gasteiger partial charge in [0.05, 0.1) is 11.8 Å². The van der Waals surface area contributed by atoms with Gasteiger partial charge in [-0.25, -0.2) is 9.50 Å². The summed E-state index contributed by atoms with van der Waals surface area (Å²) in [6, 6.07) is 7.29. The normalized spacial score (nSPS) is 13.8. The molecule has 2 aromatic heterocycles. The molecule has 128 valence electrons. The van der Waals surface area contributed by atoms with Crippen molar-refractivity contribution in [3.8, 4) is 11.5 Å². The van der Waals surface area contributed by atoms with Gasteiger partial charge in [0.2, 0.25) is 17.9 Å². The number of hydrogen-bond donors (Lipinski definition) is 1. The van der Waals surface area contributed by atoms with Crippen molar-refractivity contribution in [2.45, 2.75) is 18.1 Å². The Morgan fingerprint density at radius 2 is 2.28 bits per heavy atom. The molecule has 1 N–H and O–H groups in total. The average Bonchev–Trinajstić information content (AvgIpc) is 3.25. The van der Waals surface area contributed by atoms with Crippen LogP contribution in [-0.4, -0.2) is 38.0 Å². The number of rotatable bonds is 5. The number of amides is 1. The molecule has 1 aromatic carbocycles. The van der Waals surface area contributed by atoms with E-state index in [1.807, 2.05) is 25.1 Å². The van der Waals surface area contributed by atoms with E-state index in [0.717, 1.165) is 11.3 Å². The molecule has 1 amide bonds. The molecule has 4 rings (SSSR count). The lowest BCUT2D eigenvalue weighted by molar-refractivity contribution is -0.119. The van der Waals surface area contributed by atoms with Crippen molar-refractivity contribution in [3.05, 3.63) is 42.2 Å². The molecule has 8 nitrogen and oxygen atoms in total. The third kappa shape index (κ3) is 3.36. The fraction of sp³-hybridized carbons (Fsp3) is 0.250. The average molecular weight is 357 g/mol. The molecule has 1 atom stereocenters. The molecule has 9 heteroatoms. The van der Waals surface area contributed by atoms with Gasteiger partial charge in [0.25, 0.3) is 5.78 Å². The van der Waals surface area contributed by atoms with Gasteiger partial charge in [-0.3, -0.25) is 4.79 Å². The Kier molecular flexibility index (Phi) is 4.14. The van der Waals surface area contributed by atoms with Crippen molar-refractivity contribution in [1.29, 1.82) is 0 Å². The Hall–Kier alpha value is -2.81. The van der Waals surface area contributed by atoms with Crippen molar-refractivity contribution in [1.82, 2.24) is 24.9 Å². The van der Waals surface area contributed by atoms with Gasteiger partial charge in [-0.2, -0.15) is 4.98 Å². The first-order chi connectivity index (χ1) is 12.2. The number of carbonyl (C=O) groups is 1. The van der Waals surface area contributed by atoms with E-state index < -0.39 is 0 Å². The maximum Gasteiger partial charge on any atom is 0.253 e. The number of carbonyl (C=O) groups excluding carboxylic acids is 1. The largest absolute Gasteiger partial charge is 0.454 e. The van der Waals surface area contributed by atoms with Crippen molar-refractivity contribution in [2.24, 2.45) is 0 Å². The van der Waals surface area contributed by atoms with Gasteiger partial charge in [-0.15, -0.1) is 5.10 Å². The molecule has 25 heavy (non-hydrogen) atoms. The monoisotopic (exact) mass is 357 g/mol. The second-order valence-corrected chi connectivity index (χ2v) is 6.39. The van der Waals surface area contributed by atoms with Crippen LogP contribution in [0, 0.1) is 0 Å². The number of nitrogens with one attached hydrogen (secondary N) is 1. The second-order valence-electron chi connectivity index (χ2n) is 5.45. The number of aromatic nitrogens is 4. The fourth-order valence-electron chi connectivity index (χ4n) is 2.45. The first-order valence-electron chi connectivity index (χ1n) is 7.68. The van der Waals surface area contributed by atoms with E-state index in [-0.39, 0.29) is 24.5 Å². The lowest BCUT2D eigenvalue weighted by Gasteiger charge is -2.14. The highest BCUT2D eigenvalue weighted by Crippen LogP contribution is 2.34. The lowest BCUT2D eigenvalue weighted by Crippen LogP contribution is -2.28. The lowest BCUT2D eigenvalue weighted by atomic mass is 10.1. The molecule has 0 saturated carbocycles. The van der Waals surface area contributed by atoms with Crippen LogP contribution in [0.15, 0.2) is 41.8 Å². The van der Waals surface area contributed by atoms with Crippen LogP contribution in [0.5, 0.6) is 11.5 Å². The molecular formula is C16H15N5O3S. The van der Waals surface area contributed by atoms with E-state index in [9.17, 15) is 4.79 Å². The zero-order valence-corrected chi connectivity index (χ0v) is 14.2. The summed E-state index contributed by atoms with van der Waals surface area (Å²) in [7, 11) is 0. The molecule has 0 bridgehead atoms. The molecule has 0 spiro atoms. The summed E-state index contributed by atoms with van der Waals surface area (Å²) in [5.41, 5.74) is 0.956. The molecule has 0 radical (unpaired) electrons. The third-order valence-electron chi connectivity index (χ3n) is 3.70. The van der Waals surface area contributed by atoms with Crippen LogP contribution in [0.4, 0.5) is 0 Å². The highest BCUT2D eigenvalue weighted by Gasteiger charge is 2.17. The van der Waals surface area contributed by atoms with Crippen molar-refractivity contribution < 1.29 is 14.3 Å². The predicted molar refractivity (Wildman–Crippen MR) is 90.6 cm³/mol. The number of thioether (sulfide) groups is 1. The van der Waals surface area contributed by atoms with Crippen molar-refractivity contribution in [2.75, 3.05) is 12.5 Å². The minimum Gasteiger partial charge on any atom is -0.454 e. The Balaban J connectivity index is 1.35. The minimum atomic E-state index is -0.140. The van der Waals surface area contributed by atoms with E-state index in [4.69, 9.17) is 9.47 Å². The Morgan fingerprint density at radius 1 is 1.40 bits per heavy atom. The summed E-state index contributed by atoms with van der Waals surface area (Å²) in [6.45, 7) is 2.16. The Morgan fingerprint density at radius 3 is 3.16 bits per heavy atom. The van der Waals surface area contributed by atoms with Gasteiger partial charge >= 0.3 is 0 Å². The van der Waals surface area contributed by atoms with Crippen LogP contribution >= 0.6 is 11.8 Å². The van der Waals surface area contributed by atoms with Gasteiger partial charge in [0.15, 0.2) is 11.5 Å². The molecule has 1 unspecified atom stereocenters. The summed E-state index contributed by atoms with van der Waals surface area (Å²) >= 11 is 1.27. The molecule has 0 fully saturated rings. The molecule has 1 aliphatic rings. The molecule has 0 saturated heterocycles. The van der Waals surface area contributed by atoms with Crippen LogP contribution in [0.25, 0.3) is 5.78 Å². The summed E-state index contributed by atoms with van der Waals surface area (Å²) in [5, 5.41) is 7.73. The molecule has 1 aliphatic heterocycles. The summed E-state index contributed by atoms with van der Waals surface area (Å²) in [4.78, 5) is 20.5. The van der Waals surface area contributed by atoms with Gasteiger partial charge in [-0.1, -0.05) is 17.8 Å². The van der Waals surface area contributed by atoms with Crippen LogP contribution in [0.2, 0.25) is 0 Å². The number of hydrogen-bond acceptors (Lipinski definition) is 7. The zero-order valence-electron chi connectivity index (χ0n) is 13.4. The number of ether oxygens (including phenoxy) is 2. The first-order valence-corrected chi connectivity index (χ1v) is 8.67. The molecule has 3 aromatic rings. The Bertz CT molecular complexity index is 896. The van der Waals surface area contributed by atoms with E-state index in [2.05, 4.69) is 20.4 Å². The van der Waals surface area contributed by atoms with Crippen LogP contribution in [0.1, 0.15) is 18.5 Å². The van der Waals surface area contributed by atoms with E-state index in [1.54, 1.807) is 23.0 Å². The topological polar surface area (TPSA) is 90.6 Å².